The van der Waals surface area contributed by atoms with Crippen LogP contribution in [0, 0.1) is 11.3 Å². The van der Waals surface area contributed by atoms with Gasteiger partial charge in [-0.15, -0.1) is 0 Å². The normalized spacial score (nSPS) is 10.8. The van der Waals surface area contributed by atoms with Gasteiger partial charge >= 0.3 is 0 Å². The first-order valence-corrected chi connectivity index (χ1v) is 6.60. The van der Waals surface area contributed by atoms with Crippen molar-refractivity contribution in [3.05, 3.63) is 64.7 Å². The molecule has 4 nitrogen and oxygen atoms in total. The Morgan fingerprint density at radius 1 is 1.19 bits per heavy atom. The zero-order chi connectivity index (χ0) is 15.1. The minimum absolute atomic E-state index is 0.199. The minimum atomic E-state index is 0.199. The molecule has 0 saturated carbocycles. The molecule has 0 atom stereocenters. The van der Waals surface area contributed by atoms with Gasteiger partial charge in [-0.05, 0) is 30.3 Å². The molecular formula is C16H13ClN2O2. The van der Waals surface area contributed by atoms with Crippen molar-refractivity contribution in [3.8, 4) is 11.8 Å². The highest BCUT2D eigenvalue weighted by atomic mass is 35.5. The van der Waals surface area contributed by atoms with Crippen LogP contribution in [0.5, 0.6) is 5.75 Å². The fourth-order valence-corrected chi connectivity index (χ4v) is 1.86. The number of nitrogens with zero attached hydrogens (tertiary/aromatic N) is 2. The van der Waals surface area contributed by atoms with Crippen LogP contribution in [0.1, 0.15) is 11.1 Å². The van der Waals surface area contributed by atoms with E-state index in [2.05, 4.69) is 5.16 Å². The summed E-state index contributed by atoms with van der Waals surface area (Å²) in [5, 5.41) is 13.6. The summed E-state index contributed by atoms with van der Waals surface area (Å²) in [4.78, 5) is 5.21. The third kappa shape index (κ3) is 3.98. The average Bonchev–Trinajstić information content (AvgIpc) is 2.53. The Labute approximate surface area is 128 Å². The highest BCUT2D eigenvalue weighted by Gasteiger charge is 2.04. The zero-order valence-electron chi connectivity index (χ0n) is 11.4. The van der Waals surface area contributed by atoms with Crippen LogP contribution in [-0.4, -0.2) is 12.8 Å². The summed E-state index contributed by atoms with van der Waals surface area (Å²) in [6, 6.07) is 16.4. The molecule has 2 aromatic rings. The van der Waals surface area contributed by atoms with Gasteiger partial charge in [-0.25, -0.2) is 0 Å². The van der Waals surface area contributed by atoms with E-state index >= 15 is 0 Å². The van der Waals surface area contributed by atoms with Crippen molar-refractivity contribution in [3.63, 3.8) is 0 Å². The van der Waals surface area contributed by atoms with Gasteiger partial charge in [0.25, 0.3) is 0 Å². The lowest BCUT2D eigenvalue weighted by atomic mass is 10.1. The van der Waals surface area contributed by atoms with Crippen molar-refractivity contribution in [2.24, 2.45) is 5.16 Å². The summed E-state index contributed by atoms with van der Waals surface area (Å²) >= 11 is 6.02. The third-order valence-electron chi connectivity index (χ3n) is 2.80. The van der Waals surface area contributed by atoms with Crippen LogP contribution >= 0.6 is 11.6 Å². The Hall–Kier alpha value is -2.51. The highest BCUT2D eigenvalue weighted by molar-refractivity contribution is 6.31. The highest BCUT2D eigenvalue weighted by Crippen LogP contribution is 2.16. The van der Waals surface area contributed by atoms with E-state index in [4.69, 9.17) is 26.4 Å². The fourth-order valence-electron chi connectivity index (χ4n) is 1.67. The Bertz CT molecular complexity index is 675. The summed E-state index contributed by atoms with van der Waals surface area (Å²) in [6.07, 6.45) is 0. The van der Waals surface area contributed by atoms with Gasteiger partial charge in [-0.3, -0.25) is 0 Å². The summed E-state index contributed by atoms with van der Waals surface area (Å²) in [5.74, 6) is 0.716. The van der Waals surface area contributed by atoms with Crippen LogP contribution < -0.4 is 4.74 Å². The summed E-state index contributed by atoms with van der Waals surface area (Å²) in [5.41, 5.74) is 1.68. The Morgan fingerprint density at radius 2 is 1.90 bits per heavy atom. The number of hydrogen-bond acceptors (Lipinski definition) is 4. The second-order valence-corrected chi connectivity index (χ2v) is 4.55. The van der Waals surface area contributed by atoms with Gasteiger partial charge in [0, 0.05) is 16.1 Å². The van der Waals surface area contributed by atoms with E-state index in [0.29, 0.717) is 16.3 Å². The van der Waals surface area contributed by atoms with Gasteiger partial charge in [0.2, 0.25) is 0 Å². The lowest BCUT2D eigenvalue weighted by Gasteiger charge is -2.04. The van der Waals surface area contributed by atoms with Gasteiger partial charge in [0.05, 0.1) is 7.11 Å². The molecule has 0 N–H and O–H groups in total. The Morgan fingerprint density at radius 3 is 2.52 bits per heavy atom. The molecule has 0 heterocycles. The molecule has 0 aliphatic carbocycles. The molecule has 0 amide bonds. The second kappa shape index (κ2) is 7.32. The van der Waals surface area contributed by atoms with E-state index in [-0.39, 0.29) is 12.3 Å². The molecule has 2 rings (SSSR count). The van der Waals surface area contributed by atoms with Crippen LogP contribution in [0.15, 0.2) is 53.7 Å². The van der Waals surface area contributed by atoms with E-state index in [1.165, 1.54) is 0 Å². The van der Waals surface area contributed by atoms with E-state index in [9.17, 15) is 0 Å². The quantitative estimate of drug-likeness (QED) is 0.623. The van der Waals surface area contributed by atoms with Crippen molar-refractivity contribution < 1.29 is 9.57 Å². The van der Waals surface area contributed by atoms with Gasteiger partial charge in [-0.2, -0.15) is 5.26 Å². The number of hydrogen-bond donors (Lipinski definition) is 0. The predicted molar refractivity (Wildman–Crippen MR) is 81.4 cm³/mol. The van der Waals surface area contributed by atoms with Gasteiger partial charge in [-0.1, -0.05) is 35.0 Å². The molecule has 21 heavy (non-hydrogen) atoms. The molecular weight excluding hydrogens is 288 g/mol. The van der Waals surface area contributed by atoms with Crippen molar-refractivity contribution in [2.75, 3.05) is 7.11 Å². The molecule has 5 heteroatoms. The standard InChI is InChI=1S/C16H13ClN2O2/c1-20-14-8-6-12(7-9-14)16(10-18)19-21-11-13-4-2-3-5-15(13)17/h2-9H,11H2,1H3. The smallest absolute Gasteiger partial charge is 0.186 e. The lowest BCUT2D eigenvalue weighted by molar-refractivity contribution is 0.131. The van der Waals surface area contributed by atoms with E-state index in [0.717, 1.165) is 5.56 Å². The molecule has 0 aliphatic heterocycles. The van der Waals surface area contributed by atoms with Crippen LogP contribution in [0.3, 0.4) is 0 Å². The van der Waals surface area contributed by atoms with Gasteiger partial charge in [0.15, 0.2) is 5.71 Å². The van der Waals surface area contributed by atoms with Crippen molar-refractivity contribution >= 4 is 17.3 Å². The van der Waals surface area contributed by atoms with Crippen LogP contribution in [0.25, 0.3) is 0 Å². The van der Waals surface area contributed by atoms with Crippen molar-refractivity contribution in [1.82, 2.24) is 0 Å². The van der Waals surface area contributed by atoms with Crippen molar-refractivity contribution in [1.29, 1.82) is 5.26 Å². The summed E-state index contributed by atoms with van der Waals surface area (Å²) < 4.78 is 5.07. The van der Waals surface area contributed by atoms with Crippen LogP contribution in [0.2, 0.25) is 5.02 Å². The molecule has 0 fully saturated rings. The molecule has 106 valence electrons. The van der Waals surface area contributed by atoms with E-state index in [1.54, 1.807) is 37.4 Å². The minimum Gasteiger partial charge on any atom is -0.497 e. The number of ether oxygens (including phenoxy) is 1. The number of oxime groups is 1. The summed E-state index contributed by atoms with van der Waals surface area (Å²) in [6.45, 7) is 0.209. The van der Waals surface area contributed by atoms with Crippen LogP contribution in [0.4, 0.5) is 0 Å². The average molecular weight is 301 g/mol. The zero-order valence-corrected chi connectivity index (χ0v) is 12.2. The largest absolute Gasteiger partial charge is 0.497 e. The fraction of sp³-hybridized carbons (Fsp3) is 0.125. The second-order valence-electron chi connectivity index (χ2n) is 4.15. The molecule has 0 spiro atoms. The topological polar surface area (TPSA) is 54.6 Å². The van der Waals surface area contributed by atoms with E-state index in [1.807, 2.05) is 24.3 Å². The molecule has 2 aromatic carbocycles. The van der Waals surface area contributed by atoms with Gasteiger partial charge in [0.1, 0.15) is 18.4 Å². The van der Waals surface area contributed by atoms with E-state index < -0.39 is 0 Å². The molecule has 0 radical (unpaired) electrons. The third-order valence-corrected chi connectivity index (χ3v) is 3.17. The van der Waals surface area contributed by atoms with Crippen molar-refractivity contribution in [2.45, 2.75) is 6.61 Å². The molecule has 0 aliphatic rings. The number of methoxy groups -OCH3 is 1. The maximum atomic E-state index is 9.14. The predicted octanol–water partition coefficient (Wildman–Crippen LogP) is 3.79. The van der Waals surface area contributed by atoms with Gasteiger partial charge < -0.3 is 9.57 Å². The maximum absolute atomic E-state index is 9.14. The molecule has 0 saturated heterocycles. The molecule has 0 unspecified atom stereocenters. The molecule has 0 aromatic heterocycles. The molecule has 0 bridgehead atoms. The number of nitriles is 1. The first kappa shape index (κ1) is 14.9. The Balaban J connectivity index is 2.07. The number of benzene rings is 2. The lowest BCUT2D eigenvalue weighted by Crippen LogP contribution is -1.99. The monoisotopic (exact) mass is 300 g/mol. The Kier molecular flexibility index (Phi) is 5.19. The maximum Gasteiger partial charge on any atom is 0.186 e. The first-order valence-electron chi connectivity index (χ1n) is 6.22. The van der Waals surface area contributed by atoms with Crippen LogP contribution in [-0.2, 0) is 11.4 Å². The number of rotatable bonds is 5. The SMILES string of the molecule is COc1ccc(C(C#N)=NOCc2ccccc2Cl)cc1. The number of halogens is 1. The first-order chi connectivity index (χ1) is 10.2. The summed E-state index contributed by atoms with van der Waals surface area (Å²) in [7, 11) is 1.58.